The molecule has 2 fully saturated rings. The first kappa shape index (κ1) is 14.2. The molecule has 2 saturated carbocycles. The minimum atomic E-state index is 0.475. The van der Waals surface area contributed by atoms with Crippen LogP contribution in [0.4, 0.5) is 0 Å². The molecule has 25 heavy (non-hydrogen) atoms. The summed E-state index contributed by atoms with van der Waals surface area (Å²) in [4.78, 5) is 9.25. The fourth-order valence-electron chi connectivity index (χ4n) is 3.84. The summed E-state index contributed by atoms with van der Waals surface area (Å²) in [5.41, 5.74) is 7.78. The number of hydrogen-bond donors (Lipinski definition) is 0. The zero-order chi connectivity index (χ0) is 16.5. The van der Waals surface area contributed by atoms with Crippen LogP contribution < -0.4 is 0 Å². The molecule has 124 valence electrons. The van der Waals surface area contributed by atoms with Crippen molar-refractivity contribution in [3.8, 4) is 0 Å². The Morgan fingerprint density at radius 1 is 1.16 bits per heavy atom. The maximum Gasteiger partial charge on any atom is 0.157 e. The molecule has 3 heterocycles. The Morgan fingerprint density at radius 2 is 2.08 bits per heavy atom. The third-order valence-corrected chi connectivity index (χ3v) is 6.39. The Labute approximate surface area is 153 Å². The van der Waals surface area contributed by atoms with Crippen LogP contribution >= 0.6 is 22.9 Å². The lowest BCUT2D eigenvalue weighted by atomic mass is 10.1. The summed E-state index contributed by atoms with van der Waals surface area (Å²) in [5.74, 6) is 1.63. The van der Waals surface area contributed by atoms with Gasteiger partial charge >= 0.3 is 0 Å². The second-order valence-electron chi connectivity index (χ2n) is 7.16. The van der Waals surface area contributed by atoms with Crippen LogP contribution in [-0.2, 0) is 0 Å². The highest BCUT2D eigenvalue weighted by molar-refractivity contribution is 7.16. The Balaban J connectivity index is 1.41. The summed E-state index contributed by atoms with van der Waals surface area (Å²) in [6.07, 6.45) is 5.69. The molecule has 2 atom stereocenters. The summed E-state index contributed by atoms with van der Waals surface area (Å²) in [5, 5.41) is 4.97. The van der Waals surface area contributed by atoms with Gasteiger partial charge in [0.25, 0.3) is 0 Å². The van der Waals surface area contributed by atoms with Gasteiger partial charge in [-0.2, -0.15) is 5.10 Å². The Morgan fingerprint density at radius 3 is 2.96 bits per heavy atom. The van der Waals surface area contributed by atoms with Gasteiger partial charge in [-0.15, -0.1) is 11.3 Å². The molecule has 3 aromatic heterocycles. The van der Waals surface area contributed by atoms with Crippen LogP contribution in [0.3, 0.4) is 0 Å². The maximum atomic E-state index is 6.29. The Hall–Kier alpha value is -1.98. The lowest BCUT2D eigenvalue weighted by molar-refractivity contribution is 0.904. The molecule has 2 aliphatic carbocycles. The van der Waals surface area contributed by atoms with Gasteiger partial charge in [-0.25, -0.2) is 14.5 Å². The number of nitrogens with zero attached hydrogens (tertiary/aromatic N) is 4. The van der Waals surface area contributed by atoms with Gasteiger partial charge in [0, 0.05) is 11.5 Å². The van der Waals surface area contributed by atoms with Gasteiger partial charge in [0.05, 0.1) is 27.6 Å². The van der Waals surface area contributed by atoms with E-state index in [1.165, 1.54) is 34.4 Å². The Bertz CT molecular complexity index is 1130. The SMILES string of the molecule is Clc1cc(C2CC2c2ccc3ncsc3c2)c2nc(C3CC3)cn2n1. The predicted octanol–water partition coefficient (Wildman–Crippen LogP) is 5.14. The summed E-state index contributed by atoms with van der Waals surface area (Å²) >= 11 is 7.99. The number of thiazole rings is 1. The number of rotatable bonds is 3. The first-order chi connectivity index (χ1) is 12.3. The van der Waals surface area contributed by atoms with E-state index in [4.69, 9.17) is 16.6 Å². The molecule has 0 aliphatic heterocycles. The van der Waals surface area contributed by atoms with Gasteiger partial charge in [-0.05, 0) is 54.9 Å². The van der Waals surface area contributed by atoms with Crippen LogP contribution in [0.15, 0.2) is 36.0 Å². The van der Waals surface area contributed by atoms with E-state index in [2.05, 4.69) is 34.5 Å². The third-order valence-electron chi connectivity index (χ3n) is 5.41. The molecular formula is C19H15ClN4S. The maximum absolute atomic E-state index is 6.29. The number of fused-ring (bicyclic) bond motifs is 2. The number of imidazole rings is 1. The van der Waals surface area contributed by atoms with Crippen molar-refractivity contribution in [1.82, 2.24) is 19.6 Å². The topological polar surface area (TPSA) is 43.1 Å². The second kappa shape index (κ2) is 5.02. The summed E-state index contributed by atoms with van der Waals surface area (Å²) < 4.78 is 3.14. The number of benzene rings is 1. The van der Waals surface area contributed by atoms with Crippen LogP contribution in [0.25, 0.3) is 15.9 Å². The lowest BCUT2D eigenvalue weighted by Crippen LogP contribution is -1.96. The van der Waals surface area contributed by atoms with Crippen molar-refractivity contribution in [2.75, 3.05) is 0 Å². The highest BCUT2D eigenvalue weighted by Gasteiger charge is 2.41. The second-order valence-corrected chi connectivity index (χ2v) is 8.43. The van der Waals surface area contributed by atoms with E-state index in [0.717, 1.165) is 17.6 Å². The largest absolute Gasteiger partial charge is 0.245 e. The lowest BCUT2D eigenvalue weighted by Gasteiger charge is -2.04. The molecule has 0 bridgehead atoms. The van der Waals surface area contributed by atoms with Crippen molar-refractivity contribution in [2.45, 2.75) is 37.0 Å². The minimum absolute atomic E-state index is 0.475. The molecule has 6 rings (SSSR count). The van der Waals surface area contributed by atoms with E-state index in [0.29, 0.717) is 22.9 Å². The Kier molecular flexibility index (Phi) is 2.86. The standard InChI is InChI=1S/C19H15ClN4S/c20-18-7-14(19-22-16(10-1-2-10)8-24(19)23-18)13-6-12(13)11-3-4-15-17(5-11)25-9-21-15/h3-5,7-10,12-13H,1-2,6H2. The van der Waals surface area contributed by atoms with Crippen LogP contribution in [0.1, 0.15) is 53.8 Å². The molecule has 2 unspecified atom stereocenters. The molecule has 0 saturated heterocycles. The number of aromatic nitrogens is 4. The smallest absolute Gasteiger partial charge is 0.157 e. The van der Waals surface area contributed by atoms with Crippen molar-refractivity contribution in [1.29, 1.82) is 0 Å². The number of halogens is 1. The summed E-state index contributed by atoms with van der Waals surface area (Å²) in [6.45, 7) is 0. The van der Waals surface area contributed by atoms with Crippen LogP contribution in [0, 0.1) is 0 Å². The third kappa shape index (κ3) is 2.29. The molecule has 2 aliphatic rings. The van der Waals surface area contributed by atoms with Crippen LogP contribution in [-0.4, -0.2) is 19.6 Å². The molecule has 6 heteroatoms. The fraction of sp³-hybridized carbons (Fsp3) is 0.316. The van der Waals surface area contributed by atoms with E-state index >= 15 is 0 Å². The zero-order valence-corrected chi connectivity index (χ0v) is 15.0. The van der Waals surface area contributed by atoms with Crippen LogP contribution in [0.2, 0.25) is 5.15 Å². The van der Waals surface area contributed by atoms with Crippen molar-refractivity contribution >= 4 is 38.8 Å². The molecular weight excluding hydrogens is 352 g/mol. The summed E-state index contributed by atoms with van der Waals surface area (Å²) in [7, 11) is 0. The van der Waals surface area contributed by atoms with Gasteiger partial charge in [0.2, 0.25) is 0 Å². The van der Waals surface area contributed by atoms with Crippen molar-refractivity contribution in [2.24, 2.45) is 0 Å². The van der Waals surface area contributed by atoms with Gasteiger partial charge in [-0.3, -0.25) is 0 Å². The van der Waals surface area contributed by atoms with Gasteiger partial charge in [-0.1, -0.05) is 17.7 Å². The van der Waals surface area contributed by atoms with Gasteiger partial charge < -0.3 is 0 Å². The molecule has 0 spiro atoms. The number of hydrogen-bond acceptors (Lipinski definition) is 4. The zero-order valence-electron chi connectivity index (χ0n) is 13.4. The highest BCUT2D eigenvalue weighted by Crippen LogP contribution is 2.56. The van der Waals surface area contributed by atoms with Gasteiger partial charge in [0.15, 0.2) is 5.65 Å². The quantitative estimate of drug-likeness (QED) is 0.504. The molecule has 0 N–H and O–H groups in total. The normalized spacial score (nSPS) is 22.8. The van der Waals surface area contributed by atoms with E-state index in [1.807, 2.05) is 16.1 Å². The highest BCUT2D eigenvalue weighted by atomic mass is 35.5. The van der Waals surface area contributed by atoms with E-state index in [1.54, 1.807) is 11.3 Å². The average molecular weight is 367 g/mol. The summed E-state index contributed by atoms with van der Waals surface area (Å²) in [6, 6.07) is 8.65. The van der Waals surface area contributed by atoms with Crippen LogP contribution in [0.5, 0.6) is 0 Å². The van der Waals surface area contributed by atoms with E-state index in [-0.39, 0.29) is 0 Å². The average Bonchev–Trinajstić information content (AvgIpc) is 3.52. The predicted molar refractivity (Wildman–Crippen MR) is 99.7 cm³/mol. The van der Waals surface area contributed by atoms with Gasteiger partial charge in [0.1, 0.15) is 5.15 Å². The molecule has 0 amide bonds. The van der Waals surface area contributed by atoms with E-state index < -0.39 is 0 Å². The minimum Gasteiger partial charge on any atom is -0.245 e. The monoisotopic (exact) mass is 366 g/mol. The van der Waals surface area contributed by atoms with Crippen molar-refractivity contribution < 1.29 is 0 Å². The first-order valence-electron chi connectivity index (χ1n) is 8.65. The molecule has 0 radical (unpaired) electrons. The van der Waals surface area contributed by atoms with E-state index in [9.17, 15) is 0 Å². The molecule has 4 nitrogen and oxygen atoms in total. The fourth-order valence-corrected chi connectivity index (χ4v) is 4.77. The molecule has 1 aromatic carbocycles. The van der Waals surface area contributed by atoms with Crippen molar-refractivity contribution in [3.05, 3.63) is 57.9 Å². The first-order valence-corrected chi connectivity index (χ1v) is 9.91. The van der Waals surface area contributed by atoms with Crippen molar-refractivity contribution in [3.63, 3.8) is 0 Å². The molecule has 4 aromatic rings.